The van der Waals surface area contributed by atoms with E-state index in [2.05, 4.69) is 10.5 Å². The number of hydrogen-bond acceptors (Lipinski definition) is 8. The van der Waals surface area contributed by atoms with Crippen LogP contribution >= 0.6 is 11.6 Å². The fraction of sp³-hybridized carbons (Fsp3) is 0.333. The molecule has 0 saturated carbocycles. The van der Waals surface area contributed by atoms with Crippen LogP contribution in [0.5, 0.6) is 11.5 Å². The van der Waals surface area contributed by atoms with Crippen LogP contribution < -0.4 is 14.9 Å². The number of amides is 1. The monoisotopic (exact) mass is 462 g/mol. The van der Waals surface area contributed by atoms with Gasteiger partial charge in [0.1, 0.15) is 6.61 Å². The lowest BCUT2D eigenvalue weighted by molar-refractivity contribution is -0.384. The summed E-state index contributed by atoms with van der Waals surface area (Å²) in [5.41, 5.74) is 3.68. The molecule has 11 heteroatoms. The van der Waals surface area contributed by atoms with Gasteiger partial charge in [0.25, 0.3) is 11.6 Å². The van der Waals surface area contributed by atoms with E-state index in [-0.39, 0.29) is 29.8 Å². The Labute approximate surface area is 189 Å². The van der Waals surface area contributed by atoms with Gasteiger partial charge < -0.3 is 14.2 Å². The Morgan fingerprint density at radius 3 is 2.84 bits per heavy atom. The fourth-order valence-corrected chi connectivity index (χ4v) is 3.32. The predicted molar refractivity (Wildman–Crippen MR) is 118 cm³/mol. The molecule has 1 aliphatic rings. The number of nitro groups is 1. The van der Waals surface area contributed by atoms with Crippen molar-refractivity contribution in [2.75, 3.05) is 40.0 Å². The molecule has 2 aromatic carbocycles. The second-order valence-corrected chi connectivity index (χ2v) is 7.34. The van der Waals surface area contributed by atoms with Gasteiger partial charge >= 0.3 is 0 Å². The molecule has 0 aliphatic carbocycles. The Bertz CT molecular complexity index is 994. The van der Waals surface area contributed by atoms with Crippen LogP contribution in [0, 0.1) is 10.1 Å². The van der Waals surface area contributed by atoms with E-state index < -0.39 is 4.92 Å². The van der Waals surface area contributed by atoms with Crippen molar-refractivity contribution >= 4 is 29.4 Å². The van der Waals surface area contributed by atoms with Crippen LogP contribution in [0.25, 0.3) is 0 Å². The third-order valence-electron chi connectivity index (χ3n) is 4.63. The van der Waals surface area contributed by atoms with Crippen molar-refractivity contribution in [1.82, 2.24) is 10.3 Å². The zero-order valence-corrected chi connectivity index (χ0v) is 18.2. The lowest BCUT2D eigenvalue weighted by Crippen LogP contribution is -2.42. The Hall–Kier alpha value is -3.21. The van der Waals surface area contributed by atoms with E-state index >= 15 is 0 Å². The van der Waals surface area contributed by atoms with Crippen molar-refractivity contribution in [3.8, 4) is 11.5 Å². The quantitative estimate of drug-likeness (QED) is 0.346. The second kappa shape index (κ2) is 11.4. The number of nitrogens with zero attached hydrogens (tertiary/aromatic N) is 3. The molecule has 0 spiro atoms. The molecule has 1 heterocycles. The van der Waals surface area contributed by atoms with E-state index in [0.29, 0.717) is 48.9 Å². The summed E-state index contributed by atoms with van der Waals surface area (Å²) in [6, 6.07) is 9.42. The summed E-state index contributed by atoms with van der Waals surface area (Å²) in [5, 5.41) is 15.2. The summed E-state index contributed by atoms with van der Waals surface area (Å²) in [6.45, 7) is 2.97. The minimum atomic E-state index is -0.467. The van der Waals surface area contributed by atoms with Gasteiger partial charge in [-0.2, -0.15) is 5.10 Å². The van der Waals surface area contributed by atoms with E-state index in [1.165, 1.54) is 25.5 Å². The minimum Gasteiger partial charge on any atom is -0.493 e. The molecule has 10 nitrogen and oxygen atoms in total. The van der Waals surface area contributed by atoms with E-state index in [1.54, 1.807) is 24.3 Å². The molecule has 0 bridgehead atoms. The maximum atomic E-state index is 12.0. The normalized spacial score (nSPS) is 14.3. The SMILES string of the molecule is COc1cc(/C=N/NC(=O)CN2CCOCC2)cc(Cl)c1OCc1cccc([N+](=O)[O-])c1. The van der Waals surface area contributed by atoms with E-state index in [0.717, 1.165) is 0 Å². The molecule has 0 aromatic heterocycles. The lowest BCUT2D eigenvalue weighted by Gasteiger charge is -2.25. The van der Waals surface area contributed by atoms with Crippen molar-refractivity contribution in [2.24, 2.45) is 5.10 Å². The number of hydrazone groups is 1. The van der Waals surface area contributed by atoms with Crippen LogP contribution in [0.2, 0.25) is 5.02 Å². The summed E-state index contributed by atoms with van der Waals surface area (Å²) in [6.07, 6.45) is 1.45. The Morgan fingerprint density at radius 1 is 1.34 bits per heavy atom. The highest BCUT2D eigenvalue weighted by Crippen LogP contribution is 2.36. The van der Waals surface area contributed by atoms with Crippen molar-refractivity contribution in [3.63, 3.8) is 0 Å². The van der Waals surface area contributed by atoms with Crippen molar-refractivity contribution < 1.29 is 23.9 Å². The summed E-state index contributed by atoms with van der Waals surface area (Å²) in [7, 11) is 1.47. The highest BCUT2D eigenvalue weighted by molar-refractivity contribution is 6.32. The molecule has 0 radical (unpaired) electrons. The van der Waals surface area contributed by atoms with Crippen LogP contribution in [0.1, 0.15) is 11.1 Å². The van der Waals surface area contributed by atoms with Crippen molar-refractivity contribution in [3.05, 3.63) is 62.7 Å². The topological polar surface area (TPSA) is 116 Å². The first-order chi connectivity index (χ1) is 15.5. The van der Waals surface area contributed by atoms with Crippen molar-refractivity contribution in [1.29, 1.82) is 0 Å². The highest BCUT2D eigenvalue weighted by atomic mass is 35.5. The number of benzene rings is 2. The van der Waals surface area contributed by atoms with E-state index in [9.17, 15) is 14.9 Å². The number of methoxy groups -OCH3 is 1. The zero-order chi connectivity index (χ0) is 22.9. The minimum absolute atomic E-state index is 0.0219. The van der Waals surface area contributed by atoms with Crippen LogP contribution in [-0.2, 0) is 16.1 Å². The van der Waals surface area contributed by atoms with Crippen molar-refractivity contribution in [2.45, 2.75) is 6.61 Å². The molecular formula is C21H23ClN4O6. The third kappa shape index (κ3) is 6.64. The first kappa shape index (κ1) is 23.5. The second-order valence-electron chi connectivity index (χ2n) is 6.93. The van der Waals surface area contributed by atoms with E-state index in [4.69, 9.17) is 25.8 Å². The molecule has 0 unspecified atom stereocenters. The number of carbonyl (C=O) groups is 1. The number of carbonyl (C=O) groups excluding carboxylic acids is 1. The number of nitrogens with one attached hydrogen (secondary N) is 1. The Morgan fingerprint density at radius 2 is 2.12 bits per heavy atom. The first-order valence-electron chi connectivity index (χ1n) is 9.82. The molecule has 2 aromatic rings. The van der Waals surface area contributed by atoms with Crippen LogP contribution in [-0.4, -0.2) is 61.9 Å². The maximum Gasteiger partial charge on any atom is 0.269 e. The molecule has 3 rings (SSSR count). The molecule has 0 atom stereocenters. The van der Waals surface area contributed by atoms with Gasteiger partial charge in [0.15, 0.2) is 11.5 Å². The van der Waals surface area contributed by atoms with Crippen LogP contribution in [0.3, 0.4) is 0 Å². The third-order valence-corrected chi connectivity index (χ3v) is 4.91. The summed E-state index contributed by atoms with van der Waals surface area (Å²) in [5.74, 6) is 0.441. The zero-order valence-electron chi connectivity index (χ0n) is 17.5. The maximum absolute atomic E-state index is 12.0. The number of halogens is 1. The lowest BCUT2D eigenvalue weighted by atomic mass is 10.2. The summed E-state index contributed by atoms with van der Waals surface area (Å²) >= 11 is 6.35. The van der Waals surface area contributed by atoms with Gasteiger partial charge in [0, 0.05) is 25.2 Å². The molecule has 1 fully saturated rings. The number of morpholine rings is 1. The van der Waals surface area contributed by atoms with Crippen LogP contribution in [0.15, 0.2) is 41.5 Å². The number of non-ortho nitro benzene ring substituents is 1. The van der Waals surface area contributed by atoms with Gasteiger partial charge in [-0.05, 0) is 23.3 Å². The van der Waals surface area contributed by atoms with Gasteiger partial charge in [-0.3, -0.25) is 19.8 Å². The standard InChI is InChI=1S/C21H23ClN4O6/c1-30-19-11-16(12-23-24-20(27)13-25-5-7-31-8-6-25)10-18(22)21(19)32-14-15-3-2-4-17(9-15)26(28)29/h2-4,9-12H,5-8,13-14H2,1H3,(H,24,27)/b23-12+. The largest absolute Gasteiger partial charge is 0.493 e. The number of rotatable bonds is 9. The average Bonchev–Trinajstić information content (AvgIpc) is 2.79. The molecule has 170 valence electrons. The molecule has 1 saturated heterocycles. The Kier molecular flexibility index (Phi) is 8.37. The van der Waals surface area contributed by atoms with E-state index in [1.807, 2.05) is 4.90 Å². The van der Waals surface area contributed by atoms with Gasteiger partial charge in [0.05, 0.1) is 43.0 Å². The number of ether oxygens (including phenoxy) is 3. The first-order valence-corrected chi connectivity index (χ1v) is 10.2. The molecule has 1 amide bonds. The van der Waals surface area contributed by atoms with Crippen LogP contribution in [0.4, 0.5) is 5.69 Å². The molecule has 1 aliphatic heterocycles. The molecular weight excluding hydrogens is 440 g/mol. The average molecular weight is 463 g/mol. The molecule has 32 heavy (non-hydrogen) atoms. The Balaban J connectivity index is 1.61. The summed E-state index contributed by atoms with van der Waals surface area (Å²) < 4.78 is 16.4. The number of nitro benzene ring substituents is 1. The van der Waals surface area contributed by atoms with Gasteiger partial charge in [-0.15, -0.1) is 0 Å². The molecule has 1 N–H and O–H groups in total. The van der Waals surface area contributed by atoms with Gasteiger partial charge in [0.2, 0.25) is 0 Å². The highest BCUT2D eigenvalue weighted by Gasteiger charge is 2.15. The van der Waals surface area contributed by atoms with Gasteiger partial charge in [-0.25, -0.2) is 5.43 Å². The van der Waals surface area contributed by atoms with Gasteiger partial charge in [-0.1, -0.05) is 23.7 Å². The fourth-order valence-electron chi connectivity index (χ4n) is 3.05. The number of hydrogen-bond donors (Lipinski definition) is 1. The summed E-state index contributed by atoms with van der Waals surface area (Å²) in [4.78, 5) is 24.5. The predicted octanol–water partition coefficient (Wildman–Crippen LogP) is 2.62. The smallest absolute Gasteiger partial charge is 0.269 e.